The van der Waals surface area contributed by atoms with E-state index in [1.807, 2.05) is 42.2 Å². The second-order valence-corrected chi connectivity index (χ2v) is 11.2. The highest BCUT2D eigenvalue weighted by Crippen LogP contribution is 2.37. The van der Waals surface area contributed by atoms with Gasteiger partial charge < -0.3 is 9.80 Å². The first-order chi connectivity index (χ1) is 15.8. The van der Waals surface area contributed by atoms with Crippen LogP contribution in [0.15, 0.2) is 71.8 Å². The molecule has 33 heavy (non-hydrogen) atoms. The van der Waals surface area contributed by atoms with Crippen LogP contribution in [-0.4, -0.2) is 53.8 Å². The van der Waals surface area contributed by atoms with E-state index in [-0.39, 0.29) is 16.3 Å². The number of piperidine rings is 1. The first-order valence-electron chi connectivity index (χ1n) is 11.4. The summed E-state index contributed by atoms with van der Waals surface area (Å²) in [6.07, 6.45) is 8.06. The molecular formula is C26H29N3O3S. The fraction of sp³-hybridized carbons (Fsp3) is 0.346. The van der Waals surface area contributed by atoms with Gasteiger partial charge in [0.1, 0.15) is 0 Å². The Bertz CT molecular complexity index is 1330. The van der Waals surface area contributed by atoms with Crippen molar-refractivity contribution in [3.63, 3.8) is 0 Å². The molecule has 1 amide bonds. The van der Waals surface area contributed by atoms with Gasteiger partial charge in [0.25, 0.3) is 10.0 Å². The van der Waals surface area contributed by atoms with Crippen molar-refractivity contribution >= 4 is 26.8 Å². The molecule has 0 N–H and O–H groups in total. The third-order valence-corrected chi connectivity index (χ3v) is 8.91. The van der Waals surface area contributed by atoms with Crippen LogP contribution < -0.4 is 0 Å². The van der Waals surface area contributed by atoms with Gasteiger partial charge in [-0.1, -0.05) is 35.9 Å². The van der Waals surface area contributed by atoms with Crippen molar-refractivity contribution < 1.29 is 13.2 Å². The highest BCUT2D eigenvalue weighted by Gasteiger charge is 2.42. The van der Waals surface area contributed by atoms with Crippen molar-refractivity contribution in [3.05, 3.63) is 78.0 Å². The second kappa shape index (κ2) is 8.15. The monoisotopic (exact) mass is 463 g/mol. The van der Waals surface area contributed by atoms with Gasteiger partial charge in [-0.3, -0.25) is 4.79 Å². The van der Waals surface area contributed by atoms with Gasteiger partial charge in [-0.2, -0.15) is 0 Å². The van der Waals surface area contributed by atoms with Gasteiger partial charge in [-0.25, -0.2) is 12.4 Å². The zero-order chi connectivity index (χ0) is 23.2. The smallest absolute Gasteiger partial charge is 0.268 e. The van der Waals surface area contributed by atoms with E-state index in [1.54, 1.807) is 36.5 Å². The summed E-state index contributed by atoms with van der Waals surface area (Å²) in [6, 6.07) is 14.5. The Labute approximate surface area is 195 Å². The lowest BCUT2D eigenvalue weighted by molar-refractivity contribution is -0.136. The molecule has 0 saturated carbocycles. The molecule has 0 radical (unpaired) electrons. The standard InChI is InChI=1S/C26H29N3O3S/c1-20-8-10-22(11-9-20)33(31,32)29-16-12-23-21(5-3-6-24(23)29)19-28-25(30)7-4-13-26(28)14-17-27(2)18-15-26/h3-12,16H,13-15,17-19H2,1-2H3. The average Bonchev–Trinajstić information content (AvgIpc) is 3.25. The quantitative estimate of drug-likeness (QED) is 0.588. The van der Waals surface area contributed by atoms with Crippen LogP contribution in [0, 0.1) is 6.92 Å². The zero-order valence-electron chi connectivity index (χ0n) is 19.1. The minimum Gasteiger partial charge on any atom is -0.329 e. The van der Waals surface area contributed by atoms with Crippen molar-refractivity contribution in [3.8, 4) is 0 Å². The molecule has 2 aliphatic rings. The van der Waals surface area contributed by atoms with E-state index in [9.17, 15) is 13.2 Å². The predicted octanol–water partition coefficient (Wildman–Crippen LogP) is 3.94. The van der Waals surface area contributed by atoms with E-state index in [2.05, 4.69) is 11.9 Å². The number of benzene rings is 2. The van der Waals surface area contributed by atoms with Gasteiger partial charge in [0.15, 0.2) is 0 Å². The van der Waals surface area contributed by atoms with Crippen LogP contribution in [-0.2, 0) is 21.4 Å². The largest absolute Gasteiger partial charge is 0.329 e. The first-order valence-corrected chi connectivity index (χ1v) is 12.8. The number of aromatic nitrogens is 1. The van der Waals surface area contributed by atoms with Crippen LogP contribution in [0.5, 0.6) is 0 Å². The molecule has 0 unspecified atom stereocenters. The molecule has 3 aromatic rings. The minimum atomic E-state index is -3.71. The van der Waals surface area contributed by atoms with Gasteiger partial charge in [-0.15, -0.1) is 0 Å². The number of carbonyl (C=O) groups excluding carboxylic acids is 1. The number of rotatable bonds is 4. The summed E-state index contributed by atoms with van der Waals surface area (Å²) in [6.45, 7) is 4.33. The SMILES string of the molecule is Cc1ccc(S(=O)(=O)n2ccc3c(CN4C(=O)C=CCC45CCN(C)CC5)cccc32)cc1. The van der Waals surface area contributed by atoms with Gasteiger partial charge >= 0.3 is 0 Å². The number of nitrogens with zero attached hydrogens (tertiary/aromatic N) is 3. The molecule has 1 aromatic heterocycles. The summed E-state index contributed by atoms with van der Waals surface area (Å²) in [5, 5.41) is 0.860. The summed E-state index contributed by atoms with van der Waals surface area (Å²) in [7, 11) is -1.59. The van der Waals surface area contributed by atoms with Crippen molar-refractivity contribution in [2.24, 2.45) is 0 Å². The summed E-state index contributed by atoms with van der Waals surface area (Å²) in [5.41, 5.74) is 2.44. The van der Waals surface area contributed by atoms with E-state index in [0.717, 1.165) is 48.9 Å². The molecule has 2 aromatic carbocycles. The van der Waals surface area contributed by atoms with Crippen LogP contribution in [0.3, 0.4) is 0 Å². The van der Waals surface area contributed by atoms with E-state index >= 15 is 0 Å². The summed E-state index contributed by atoms with van der Waals surface area (Å²) in [4.78, 5) is 17.6. The normalized spacial score (nSPS) is 19.0. The third-order valence-electron chi connectivity index (χ3n) is 7.21. The minimum absolute atomic E-state index is 0.0366. The summed E-state index contributed by atoms with van der Waals surface area (Å²) < 4.78 is 28.0. The van der Waals surface area contributed by atoms with Gasteiger partial charge in [0, 0.05) is 36.8 Å². The van der Waals surface area contributed by atoms with Crippen molar-refractivity contribution in [1.29, 1.82) is 0 Å². The van der Waals surface area contributed by atoms with Crippen LogP contribution in [0.25, 0.3) is 10.9 Å². The summed E-state index contributed by atoms with van der Waals surface area (Å²) >= 11 is 0. The number of hydrogen-bond acceptors (Lipinski definition) is 4. The lowest BCUT2D eigenvalue weighted by atomic mass is 9.80. The molecule has 1 saturated heterocycles. The lowest BCUT2D eigenvalue weighted by Gasteiger charge is -2.49. The molecule has 1 spiro atoms. The number of amides is 1. The van der Waals surface area contributed by atoms with Gasteiger partial charge in [0.2, 0.25) is 5.91 Å². The van der Waals surface area contributed by atoms with E-state index in [1.165, 1.54) is 3.97 Å². The Morgan fingerprint density at radius 2 is 1.73 bits per heavy atom. The van der Waals surface area contributed by atoms with Crippen LogP contribution in [0.1, 0.15) is 30.4 Å². The van der Waals surface area contributed by atoms with Crippen LogP contribution in [0.4, 0.5) is 0 Å². The summed E-state index contributed by atoms with van der Waals surface area (Å²) in [5.74, 6) is 0.0366. The van der Waals surface area contributed by atoms with Gasteiger partial charge in [-0.05, 0) is 69.1 Å². The lowest BCUT2D eigenvalue weighted by Crippen LogP contribution is -2.57. The molecule has 2 aliphatic heterocycles. The molecule has 5 rings (SSSR count). The number of fused-ring (bicyclic) bond motifs is 1. The highest BCUT2D eigenvalue weighted by molar-refractivity contribution is 7.90. The molecule has 1 fully saturated rings. The number of carbonyl (C=O) groups is 1. The molecule has 0 aliphatic carbocycles. The number of hydrogen-bond donors (Lipinski definition) is 0. The fourth-order valence-corrected chi connectivity index (χ4v) is 6.46. The van der Waals surface area contributed by atoms with Crippen LogP contribution >= 0.6 is 0 Å². The molecular weight excluding hydrogens is 434 g/mol. The maximum Gasteiger partial charge on any atom is 0.268 e. The molecule has 7 heteroatoms. The molecule has 3 heterocycles. The predicted molar refractivity (Wildman–Crippen MR) is 129 cm³/mol. The average molecular weight is 464 g/mol. The molecule has 172 valence electrons. The van der Waals surface area contributed by atoms with Gasteiger partial charge in [0.05, 0.1) is 10.4 Å². The second-order valence-electron chi connectivity index (χ2n) is 9.34. The van der Waals surface area contributed by atoms with Crippen molar-refractivity contribution in [2.75, 3.05) is 20.1 Å². The maximum absolute atomic E-state index is 13.3. The number of likely N-dealkylation sites (tertiary alicyclic amines) is 1. The van der Waals surface area contributed by atoms with Crippen molar-refractivity contribution in [2.45, 2.75) is 43.2 Å². The zero-order valence-corrected chi connectivity index (χ0v) is 19.9. The maximum atomic E-state index is 13.3. The van der Waals surface area contributed by atoms with Crippen molar-refractivity contribution in [1.82, 2.24) is 13.8 Å². The topological polar surface area (TPSA) is 62.6 Å². The third kappa shape index (κ3) is 3.79. The Hall–Kier alpha value is -2.90. The highest BCUT2D eigenvalue weighted by atomic mass is 32.2. The molecule has 0 atom stereocenters. The Kier molecular flexibility index (Phi) is 5.41. The number of aryl methyl sites for hydroxylation is 1. The Balaban J connectivity index is 1.52. The Morgan fingerprint density at radius 3 is 2.45 bits per heavy atom. The fourth-order valence-electron chi connectivity index (χ4n) is 5.12. The van der Waals surface area contributed by atoms with E-state index < -0.39 is 10.0 Å². The van der Waals surface area contributed by atoms with Crippen LogP contribution in [0.2, 0.25) is 0 Å². The van der Waals surface area contributed by atoms with E-state index in [4.69, 9.17) is 0 Å². The molecule has 0 bridgehead atoms. The Morgan fingerprint density at radius 1 is 1.00 bits per heavy atom. The van der Waals surface area contributed by atoms with E-state index in [0.29, 0.717) is 12.1 Å². The first kappa shape index (κ1) is 21.9. The molecule has 6 nitrogen and oxygen atoms in total.